The first-order chi connectivity index (χ1) is 10.2. The van der Waals surface area contributed by atoms with E-state index in [1.165, 1.54) is 31.2 Å². The molecule has 1 aromatic carbocycles. The number of nitrogens with two attached hydrogens (primary N) is 1. The zero-order chi connectivity index (χ0) is 14.7. The van der Waals surface area contributed by atoms with Crippen LogP contribution >= 0.6 is 0 Å². The number of nitrogens with one attached hydrogen (secondary N) is 2. The number of benzene rings is 1. The first kappa shape index (κ1) is 13.7. The van der Waals surface area contributed by atoms with E-state index in [9.17, 15) is 0 Å². The predicted molar refractivity (Wildman–Crippen MR) is 86.8 cm³/mol. The molecule has 2 aromatic rings. The molecule has 110 valence electrons. The summed E-state index contributed by atoms with van der Waals surface area (Å²) in [5.41, 5.74) is 8.96. The van der Waals surface area contributed by atoms with E-state index in [4.69, 9.17) is 5.73 Å². The summed E-state index contributed by atoms with van der Waals surface area (Å²) in [4.78, 5) is 8.51. The first-order valence-electron chi connectivity index (χ1n) is 7.43. The number of hydrogen-bond acceptors (Lipinski definition) is 5. The number of nitrogens with zero attached hydrogens (tertiary/aromatic N) is 2. The highest BCUT2D eigenvalue weighted by Gasteiger charge is 2.17. The van der Waals surface area contributed by atoms with Gasteiger partial charge in [0.2, 0.25) is 0 Å². The molecule has 0 atom stereocenters. The minimum absolute atomic E-state index is 0.481. The standard InChI is InChI=1S/C16H21N5/c1-11-6-8-13(9-7-11)21-16-14(17)15(18-10-19-16)20-12-4-2-3-5-12/h6-10,12H,2-5,17H2,1H3,(H2,18,19,20,21). The number of nitrogen functional groups attached to an aromatic ring is 1. The molecule has 5 nitrogen and oxygen atoms in total. The van der Waals surface area contributed by atoms with Gasteiger partial charge in [-0.3, -0.25) is 0 Å². The fraction of sp³-hybridized carbons (Fsp3) is 0.375. The van der Waals surface area contributed by atoms with Gasteiger partial charge in [-0.1, -0.05) is 30.5 Å². The van der Waals surface area contributed by atoms with E-state index in [2.05, 4.69) is 39.7 Å². The van der Waals surface area contributed by atoms with Gasteiger partial charge in [-0.25, -0.2) is 9.97 Å². The van der Waals surface area contributed by atoms with Gasteiger partial charge in [0.05, 0.1) is 0 Å². The molecule has 3 rings (SSSR count). The minimum Gasteiger partial charge on any atom is -0.393 e. The minimum atomic E-state index is 0.481. The summed E-state index contributed by atoms with van der Waals surface area (Å²) in [5.74, 6) is 1.38. The van der Waals surface area contributed by atoms with E-state index in [1.54, 1.807) is 6.33 Å². The van der Waals surface area contributed by atoms with Gasteiger partial charge < -0.3 is 16.4 Å². The van der Waals surface area contributed by atoms with Gasteiger partial charge in [-0.2, -0.15) is 0 Å². The van der Waals surface area contributed by atoms with Crippen molar-refractivity contribution in [1.82, 2.24) is 9.97 Å². The lowest BCUT2D eigenvalue weighted by atomic mass is 10.2. The van der Waals surface area contributed by atoms with Crippen LogP contribution in [0.1, 0.15) is 31.2 Å². The Hall–Kier alpha value is -2.30. The second kappa shape index (κ2) is 5.99. The van der Waals surface area contributed by atoms with Crippen molar-refractivity contribution in [1.29, 1.82) is 0 Å². The number of anilines is 4. The van der Waals surface area contributed by atoms with Gasteiger partial charge in [0.25, 0.3) is 0 Å². The molecule has 0 radical (unpaired) electrons. The van der Waals surface area contributed by atoms with Gasteiger partial charge in [-0.15, -0.1) is 0 Å². The maximum Gasteiger partial charge on any atom is 0.159 e. The van der Waals surface area contributed by atoms with Crippen molar-refractivity contribution < 1.29 is 0 Å². The molecule has 1 aliphatic rings. The molecule has 4 N–H and O–H groups in total. The molecule has 5 heteroatoms. The summed E-state index contributed by atoms with van der Waals surface area (Å²) in [6.45, 7) is 2.06. The summed E-state index contributed by atoms with van der Waals surface area (Å²) < 4.78 is 0. The number of aryl methyl sites for hydroxylation is 1. The lowest BCUT2D eigenvalue weighted by Gasteiger charge is -2.16. The Bertz CT molecular complexity index is 603. The molecule has 1 fully saturated rings. The first-order valence-corrected chi connectivity index (χ1v) is 7.43. The van der Waals surface area contributed by atoms with Crippen molar-refractivity contribution >= 4 is 23.0 Å². The molecule has 1 aromatic heterocycles. The number of hydrogen-bond donors (Lipinski definition) is 3. The van der Waals surface area contributed by atoms with Gasteiger partial charge in [0.1, 0.15) is 12.0 Å². The third-order valence-electron chi connectivity index (χ3n) is 3.89. The Morgan fingerprint density at radius 3 is 2.43 bits per heavy atom. The van der Waals surface area contributed by atoms with E-state index >= 15 is 0 Å². The maximum atomic E-state index is 6.19. The Balaban J connectivity index is 1.77. The largest absolute Gasteiger partial charge is 0.393 e. The van der Waals surface area contributed by atoms with Crippen LogP contribution in [0, 0.1) is 6.92 Å². The number of rotatable bonds is 4. The van der Waals surface area contributed by atoms with Crippen molar-refractivity contribution in [3.05, 3.63) is 36.2 Å². The van der Waals surface area contributed by atoms with Crippen molar-refractivity contribution in [3.63, 3.8) is 0 Å². The van der Waals surface area contributed by atoms with E-state index < -0.39 is 0 Å². The average molecular weight is 283 g/mol. The highest BCUT2D eigenvalue weighted by atomic mass is 15.1. The second-order valence-corrected chi connectivity index (χ2v) is 5.60. The highest BCUT2D eigenvalue weighted by molar-refractivity contribution is 5.77. The van der Waals surface area contributed by atoms with Gasteiger partial charge >= 0.3 is 0 Å². The molecule has 0 unspecified atom stereocenters. The van der Waals surface area contributed by atoms with E-state index in [0.29, 0.717) is 17.5 Å². The van der Waals surface area contributed by atoms with Gasteiger partial charge in [-0.05, 0) is 31.9 Å². The van der Waals surface area contributed by atoms with Crippen molar-refractivity contribution in [2.24, 2.45) is 0 Å². The van der Waals surface area contributed by atoms with Crippen molar-refractivity contribution in [2.75, 3.05) is 16.4 Å². The number of aromatic nitrogens is 2. The van der Waals surface area contributed by atoms with Crippen molar-refractivity contribution in [2.45, 2.75) is 38.6 Å². The topological polar surface area (TPSA) is 75.9 Å². The molecule has 1 heterocycles. The smallest absolute Gasteiger partial charge is 0.159 e. The predicted octanol–water partition coefficient (Wildman–Crippen LogP) is 3.47. The molecule has 0 saturated heterocycles. The quantitative estimate of drug-likeness (QED) is 0.801. The Morgan fingerprint density at radius 1 is 1.05 bits per heavy atom. The van der Waals surface area contributed by atoms with Crippen LogP contribution < -0.4 is 16.4 Å². The normalized spacial score (nSPS) is 15.1. The third-order valence-corrected chi connectivity index (χ3v) is 3.89. The Kier molecular flexibility index (Phi) is 3.90. The molecule has 0 aliphatic heterocycles. The summed E-state index contributed by atoms with van der Waals surface area (Å²) in [5, 5.41) is 6.68. The molecule has 0 amide bonds. The van der Waals surface area contributed by atoms with E-state index in [-0.39, 0.29) is 0 Å². The molecule has 1 saturated carbocycles. The Labute approximate surface area is 125 Å². The fourth-order valence-electron chi connectivity index (χ4n) is 2.65. The molecular weight excluding hydrogens is 262 g/mol. The summed E-state index contributed by atoms with van der Waals surface area (Å²) in [6.07, 6.45) is 6.47. The van der Waals surface area contributed by atoms with Gasteiger partial charge in [0, 0.05) is 11.7 Å². The van der Waals surface area contributed by atoms with Crippen molar-refractivity contribution in [3.8, 4) is 0 Å². The van der Waals surface area contributed by atoms with Gasteiger partial charge in [0.15, 0.2) is 11.6 Å². The fourth-order valence-corrected chi connectivity index (χ4v) is 2.65. The molecule has 0 bridgehead atoms. The molecule has 0 spiro atoms. The van der Waals surface area contributed by atoms with Crippen LogP contribution in [0.15, 0.2) is 30.6 Å². The van der Waals surface area contributed by atoms with Crippen LogP contribution in [0.25, 0.3) is 0 Å². The summed E-state index contributed by atoms with van der Waals surface area (Å²) in [7, 11) is 0. The van der Waals surface area contributed by atoms with Crippen LogP contribution in [0.2, 0.25) is 0 Å². The highest BCUT2D eigenvalue weighted by Crippen LogP contribution is 2.29. The van der Waals surface area contributed by atoms with E-state index in [1.807, 2.05) is 12.1 Å². The van der Waals surface area contributed by atoms with Crippen LogP contribution in [-0.2, 0) is 0 Å². The molecule has 21 heavy (non-hydrogen) atoms. The van der Waals surface area contributed by atoms with Crippen LogP contribution in [0.4, 0.5) is 23.0 Å². The van der Waals surface area contributed by atoms with Crippen LogP contribution in [0.3, 0.4) is 0 Å². The van der Waals surface area contributed by atoms with E-state index in [0.717, 1.165) is 11.5 Å². The average Bonchev–Trinajstić information content (AvgIpc) is 2.99. The van der Waals surface area contributed by atoms with Crippen LogP contribution in [-0.4, -0.2) is 16.0 Å². The summed E-state index contributed by atoms with van der Waals surface area (Å²) in [6, 6.07) is 8.62. The SMILES string of the molecule is Cc1ccc(Nc2ncnc(NC3CCCC3)c2N)cc1. The lowest BCUT2D eigenvalue weighted by molar-refractivity contribution is 0.750. The molecular formula is C16H21N5. The maximum absolute atomic E-state index is 6.19. The summed E-state index contributed by atoms with van der Waals surface area (Å²) >= 11 is 0. The zero-order valence-electron chi connectivity index (χ0n) is 12.3. The third kappa shape index (κ3) is 3.24. The second-order valence-electron chi connectivity index (χ2n) is 5.60. The monoisotopic (exact) mass is 283 g/mol. The lowest BCUT2D eigenvalue weighted by Crippen LogP contribution is -2.17. The zero-order valence-corrected chi connectivity index (χ0v) is 12.3. The molecule has 1 aliphatic carbocycles. The van der Waals surface area contributed by atoms with Crippen LogP contribution in [0.5, 0.6) is 0 Å². The Morgan fingerprint density at radius 2 is 1.71 bits per heavy atom.